The lowest BCUT2D eigenvalue weighted by atomic mass is 9.97. The molecule has 98 valence electrons. The number of nitrogens with one attached hydrogen (secondary N) is 1. The Labute approximate surface area is 110 Å². The van der Waals surface area contributed by atoms with E-state index < -0.39 is 0 Å². The second kappa shape index (κ2) is 5.85. The molecule has 1 N–H and O–H groups in total. The van der Waals surface area contributed by atoms with E-state index in [9.17, 15) is 0 Å². The highest BCUT2D eigenvalue weighted by Crippen LogP contribution is 2.27. The Bertz CT molecular complexity index is 357. The Morgan fingerprint density at radius 2 is 2.06 bits per heavy atom. The minimum Gasteiger partial charge on any atom is -0.316 e. The van der Waals surface area contributed by atoms with Gasteiger partial charge in [0.2, 0.25) is 0 Å². The minimum atomic E-state index is 0.829. The quantitative estimate of drug-likeness (QED) is 0.876. The minimum absolute atomic E-state index is 0.829. The fraction of sp³-hybridized carbons (Fsp3) is 0.625. The van der Waals surface area contributed by atoms with Crippen molar-refractivity contribution in [1.82, 2.24) is 10.2 Å². The molecule has 0 saturated carbocycles. The Hall–Kier alpha value is -0.860. The van der Waals surface area contributed by atoms with Gasteiger partial charge in [-0.3, -0.25) is 4.90 Å². The molecule has 3 rings (SSSR count). The zero-order valence-electron chi connectivity index (χ0n) is 11.1. The van der Waals surface area contributed by atoms with Gasteiger partial charge < -0.3 is 5.32 Å². The maximum absolute atomic E-state index is 3.49. The second-order valence-electron chi connectivity index (χ2n) is 5.85. The lowest BCUT2D eigenvalue weighted by Crippen LogP contribution is -2.31. The van der Waals surface area contributed by atoms with Gasteiger partial charge in [-0.15, -0.1) is 0 Å². The van der Waals surface area contributed by atoms with Crippen LogP contribution in [-0.2, 0) is 6.54 Å². The number of likely N-dealkylation sites (tertiary alicyclic amines) is 1. The van der Waals surface area contributed by atoms with E-state index in [2.05, 4.69) is 40.5 Å². The first kappa shape index (κ1) is 12.2. The van der Waals surface area contributed by atoms with Crippen LogP contribution in [0.2, 0.25) is 0 Å². The molecule has 2 aliphatic heterocycles. The van der Waals surface area contributed by atoms with E-state index in [4.69, 9.17) is 0 Å². The predicted molar refractivity (Wildman–Crippen MR) is 75.5 cm³/mol. The Balaban J connectivity index is 1.57. The van der Waals surface area contributed by atoms with Crippen LogP contribution in [0.3, 0.4) is 0 Å². The van der Waals surface area contributed by atoms with E-state index in [-0.39, 0.29) is 0 Å². The van der Waals surface area contributed by atoms with Gasteiger partial charge >= 0.3 is 0 Å². The molecular weight excluding hydrogens is 220 g/mol. The van der Waals surface area contributed by atoms with Gasteiger partial charge in [-0.05, 0) is 56.8 Å². The molecule has 0 amide bonds. The molecule has 2 atom stereocenters. The third-order valence-electron chi connectivity index (χ3n) is 4.50. The molecule has 2 heterocycles. The smallest absolute Gasteiger partial charge is 0.0236 e. The number of benzene rings is 1. The van der Waals surface area contributed by atoms with Crippen molar-refractivity contribution in [2.24, 2.45) is 5.92 Å². The lowest BCUT2D eigenvalue weighted by Gasteiger charge is -2.26. The van der Waals surface area contributed by atoms with E-state index in [0.717, 1.165) is 18.5 Å². The van der Waals surface area contributed by atoms with Crippen molar-refractivity contribution in [3.63, 3.8) is 0 Å². The van der Waals surface area contributed by atoms with Crippen LogP contribution >= 0.6 is 0 Å². The van der Waals surface area contributed by atoms with Crippen molar-refractivity contribution in [1.29, 1.82) is 0 Å². The highest BCUT2D eigenvalue weighted by molar-refractivity contribution is 5.14. The van der Waals surface area contributed by atoms with E-state index >= 15 is 0 Å². The molecule has 2 saturated heterocycles. The monoisotopic (exact) mass is 244 g/mol. The molecule has 2 aliphatic rings. The van der Waals surface area contributed by atoms with Gasteiger partial charge in [0.05, 0.1) is 0 Å². The number of hydrogen-bond acceptors (Lipinski definition) is 2. The highest BCUT2D eigenvalue weighted by atomic mass is 15.2. The number of rotatable bonds is 4. The summed E-state index contributed by atoms with van der Waals surface area (Å²) in [6, 6.07) is 11.8. The van der Waals surface area contributed by atoms with Crippen LogP contribution in [0.4, 0.5) is 0 Å². The average Bonchev–Trinajstić information content (AvgIpc) is 3.04. The van der Waals surface area contributed by atoms with Crippen LogP contribution in [-0.4, -0.2) is 30.6 Å². The molecule has 1 aromatic carbocycles. The summed E-state index contributed by atoms with van der Waals surface area (Å²) in [5, 5.41) is 3.49. The highest BCUT2D eigenvalue weighted by Gasteiger charge is 2.28. The fourth-order valence-corrected chi connectivity index (χ4v) is 3.49. The Kier molecular flexibility index (Phi) is 3.96. The van der Waals surface area contributed by atoms with E-state index in [0.29, 0.717) is 0 Å². The van der Waals surface area contributed by atoms with Crippen LogP contribution in [0.5, 0.6) is 0 Å². The molecule has 1 aromatic rings. The summed E-state index contributed by atoms with van der Waals surface area (Å²) in [5.74, 6) is 0.923. The molecule has 0 bridgehead atoms. The van der Waals surface area contributed by atoms with Gasteiger partial charge in [0.25, 0.3) is 0 Å². The normalized spacial score (nSPS) is 28.9. The third-order valence-corrected chi connectivity index (χ3v) is 4.50. The average molecular weight is 244 g/mol. The SMILES string of the molecule is c1ccc(CN2CCCC2CC2CCNC2)cc1. The molecular formula is C16H24N2. The van der Waals surface area contributed by atoms with Gasteiger partial charge in [-0.1, -0.05) is 30.3 Å². The van der Waals surface area contributed by atoms with Crippen molar-refractivity contribution >= 4 is 0 Å². The zero-order chi connectivity index (χ0) is 12.2. The van der Waals surface area contributed by atoms with Crippen LogP contribution < -0.4 is 5.32 Å². The van der Waals surface area contributed by atoms with Crippen LogP contribution in [0.15, 0.2) is 30.3 Å². The van der Waals surface area contributed by atoms with Crippen LogP contribution in [0.25, 0.3) is 0 Å². The van der Waals surface area contributed by atoms with Crippen LogP contribution in [0.1, 0.15) is 31.2 Å². The summed E-state index contributed by atoms with van der Waals surface area (Å²) in [5.41, 5.74) is 1.47. The fourth-order valence-electron chi connectivity index (χ4n) is 3.49. The summed E-state index contributed by atoms with van der Waals surface area (Å²) in [6.07, 6.45) is 5.58. The van der Waals surface area contributed by atoms with Gasteiger partial charge in [0.15, 0.2) is 0 Å². The van der Waals surface area contributed by atoms with Crippen molar-refractivity contribution < 1.29 is 0 Å². The molecule has 2 unspecified atom stereocenters. The van der Waals surface area contributed by atoms with Crippen molar-refractivity contribution in [2.75, 3.05) is 19.6 Å². The molecule has 0 aliphatic carbocycles. The summed E-state index contributed by atoms with van der Waals surface area (Å²) >= 11 is 0. The largest absolute Gasteiger partial charge is 0.316 e. The zero-order valence-corrected chi connectivity index (χ0v) is 11.1. The Morgan fingerprint density at radius 1 is 1.17 bits per heavy atom. The third kappa shape index (κ3) is 2.93. The van der Waals surface area contributed by atoms with Gasteiger partial charge in [-0.25, -0.2) is 0 Å². The summed E-state index contributed by atoms with van der Waals surface area (Å²) < 4.78 is 0. The topological polar surface area (TPSA) is 15.3 Å². The maximum Gasteiger partial charge on any atom is 0.0236 e. The van der Waals surface area contributed by atoms with Gasteiger partial charge in [0.1, 0.15) is 0 Å². The standard InChI is InChI=1S/C16H24N2/c1-2-5-14(6-3-1)13-18-10-4-7-16(18)11-15-8-9-17-12-15/h1-3,5-6,15-17H,4,7-13H2. The molecule has 0 aromatic heterocycles. The molecule has 18 heavy (non-hydrogen) atoms. The van der Waals surface area contributed by atoms with E-state index in [1.54, 1.807) is 0 Å². The summed E-state index contributed by atoms with van der Waals surface area (Å²) in [6.45, 7) is 4.91. The van der Waals surface area contributed by atoms with Gasteiger partial charge in [-0.2, -0.15) is 0 Å². The molecule has 0 radical (unpaired) electrons. The van der Waals surface area contributed by atoms with E-state index in [1.165, 1.54) is 50.9 Å². The summed E-state index contributed by atoms with van der Waals surface area (Å²) in [7, 11) is 0. The first-order valence-electron chi connectivity index (χ1n) is 7.40. The molecule has 0 spiro atoms. The maximum atomic E-state index is 3.49. The Morgan fingerprint density at radius 3 is 2.83 bits per heavy atom. The number of hydrogen-bond donors (Lipinski definition) is 1. The summed E-state index contributed by atoms with van der Waals surface area (Å²) in [4.78, 5) is 2.70. The van der Waals surface area contributed by atoms with E-state index in [1.807, 2.05) is 0 Å². The van der Waals surface area contributed by atoms with Crippen molar-refractivity contribution in [3.8, 4) is 0 Å². The molecule has 2 fully saturated rings. The second-order valence-corrected chi connectivity index (χ2v) is 5.85. The lowest BCUT2D eigenvalue weighted by molar-refractivity contribution is 0.214. The van der Waals surface area contributed by atoms with Crippen molar-refractivity contribution in [3.05, 3.63) is 35.9 Å². The first-order valence-corrected chi connectivity index (χ1v) is 7.40. The molecule has 2 nitrogen and oxygen atoms in total. The van der Waals surface area contributed by atoms with Crippen molar-refractivity contribution in [2.45, 2.75) is 38.3 Å². The molecule has 2 heteroatoms. The van der Waals surface area contributed by atoms with Crippen LogP contribution in [0, 0.1) is 5.92 Å². The number of nitrogens with zero attached hydrogens (tertiary/aromatic N) is 1. The first-order chi connectivity index (χ1) is 8.92. The van der Waals surface area contributed by atoms with Gasteiger partial charge in [0, 0.05) is 12.6 Å². The predicted octanol–water partition coefficient (Wildman–Crippen LogP) is 2.65.